The van der Waals surface area contributed by atoms with Crippen molar-refractivity contribution < 1.29 is 0 Å². The summed E-state index contributed by atoms with van der Waals surface area (Å²) >= 11 is 0. The molecule has 1 aromatic rings. The maximum Gasteiger partial charge on any atom is 0.165 e. The van der Waals surface area contributed by atoms with Crippen LogP contribution in [0.5, 0.6) is 0 Å². The molecule has 1 aliphatic rings. The average Bonchev–Trinajstić information content (AvgIpc) is 2.58. The monoisotopic (exact) mass is 162 g/mol. The number of hydrogen-bond acceptors (Lipinski definition) is 4. The summed E-state index contributed by atoms with van der Waals surface area (Å²) in [7, 11) is 0. The van der Waals surface area contributed by atoms with Crippen LogP contribution in [0, 0.1) is 6.92 Å². The molecule has 2 heterocycles. The molecule has 0 bridgehead atoms. The molecule has 1 N–H and O–H groups in total. The van der Waals surface area contributed by atoms with Crippen LogP contribution in [0.2, 0.25) is 0 Å². The standard InChI is InChI=1S/C8H10N4/c1-7-5-10-8(6-9-7)12-4-2-3-11-12/h2,4-6,11H,3H2,1H3. The summed E-state index contributed by atoms with van der Waals surface area (Å²) < 4.78 is 0. The molecule has 12 heavy (non-hydrogen) atoms. The predicted octanol–water partition coefficient (Wildman–Crippen LogP) is 0.623. The van der Waals surface area contributed by atoms with Crippen molar-refractivity contribution in [3.05, 3.63) is 30.4 Å². The Morgan fingerprint density at radius 2 is 2.33 bits per heavy atom. The predicted molar refractivity (Wildman–Crippen MR) is 46.4 cm³/mol. The smallest absolute Gasteiger partial charge is 0.165 e. The Balaban J connectivity index is 2.23. The first kappa shape index (κ1) is 7.24. The fraction of sp³-hybridized carbons (Fsp3) is 0.250. The number of anilines is 1. The third-order valence-electron chi connectivity index (χ3n) is 1.65. The molecule has 0 fully saturated rings. The van der Waals surface area contributed by atoms with E-state index in [1.54, 1.807) is 12.4 Å². The van der Waals surface area contributed by atoms with Gasteiger partial charge in [0, 0.05) is 12.7 Å². The second-order valence-corrected chi connectivity index (χ2v) is 2.63. The van der Waals surface area contributed by atoms with E-state index >= 15 is 0 Å². The lowest BCUT2D eigenvalue weighted by atomic mass is 10.5. The van der Waals surface area contributed by atoms with Crippen molar-refractivity contribution in [3.8, 4) is 0 Å². The van der Waals surface area contributed by atoms with E-state index in [2.05, 4.69) is 15.4 Å². The molecule has 0 saturated heterocycles. The Morgan fingerprint density at radius 1 is 1.42 bits per heavy atom. The van der Waals surface area contributed by atoms with E-state index in [0.29, 0.717) is 0 Å². The molecule has 0 radical (unpaired) electrons. The Hall–Kier alpha value is -1.42. The average molecular weight is 162 g/mol. The molecular weight excluding hydrogens is 152 g/mol. The summed E-state index contributed by atoms with van der Waals surface area (Å²) in [4.78, 5) is 8.36. The van der Waals surface area contributed by atoms with E-state index in [4.69, 9.17) is 0 Å². The van der Waals surface area contributed by atoms with E-state index in [9.17, 15) is 0 Å². The topological polar surface area (TPSA) is 41.1 Å². The van der Waals surface area contributed by atoms with Gasteiger partial charge in [-0.2, -0.15) is 0 Å². The zero-order valence-corrected chi connectivity index (χ0v) is 6.86. The van der Waals surface area contributed by atoms with Crippen LogP contribution < -0.4 is 10.4 Å². The van der Waals surface area contributed by atoms with Crippen LogP contribution in [0.4, 0.5) is 5.82 Å². The number of aryl methyl sites for hydroxylation is 1. The highest BCUT2D eigenvalue weighted by atomic mass is 15.5. The van der Waals surface area contributed by atoms with Crippen LogP contribution in [-0.4, -0.2) is 16.5 Å². The first-order chi connectivity index (χ1) is 5.86. The number of hydrogen-bond donors (Lipinski definition) is 1. The number of nitrogens with one attached hydrogen (secondary N) is 1. The minimum absolute atomic E-state index is 0.828. The van der Waals surface area contributed by atoms with Gasteiger partial charge in [-0.25, -0.2) is 10.4 Å². The largest absolute Gasteiger partial charge is 0.266 e. The number of hydrazine groups is 1. The van der Waals surface area contributed by atoms with Crippen molar-refractivity contribution in [2.24, 2.45) is 0 Å². The van der Waals surface area contributed by atoms with E-state index in [1.165, 1.54) is 0 Å². The molecule has 0 saturated carbocycles. The fourth-order valence-corrected chi connectivity index (χ4v) is 1.03. The molecule has 0 unspecified atom stereocenters. The second-order valence-electron chi connectivity index (χ2n) is 2.63. The van der Waals surface area contributed by atoms with Gasteiger partial charge in [-0.05, 0) is 6.92 Å². The molecule has 2 rings (SSSR count). The Bertz CT molecular complexity index is 290. The molecule has 4 heteroatoms. The quantitative estimate of drug-likeness (QED) is 0.657. The van der Waals surface area contributed by atoms with Gasteiger partial charge in [-0.3, -0.25) is 9.99 Å². The lowest BCUT2D eigenvalue weighted by Crippen LogP contribution is -2.29. The minimum Gasteiger partial charge on any atom is -0.266 e. The van der Waals surface area contributed by atoms with E-state index in [0.717, 1.165) is 18.1 Å². The summed E-state index contributed by atoms with van der Waals surface area (Å²) in [6.45, 7) is 2.78. The third-order valence-corrected chi connectivity index (χ3v) is 1.65. The summed E-state index contributed by atoms with van der Waals surface area (Å²) in [6, 6.07) is 0. The highest BCUT2D eigenvalue weighted by Gasteiger charge is 2.06. The summed E-state index contributed by atoms with van der Waals surface area (Å²) in [5.74, 6) is 0.828. The molecular formula is C8H10N4. The molecule has 4 nitrogen and oxygen atoms in total. The second kappa shape index (κ2) is 2.91. The number of aromatic nitrogens is 2. The maximum absolute atomic E-state index is 4.21. The molecule has 0 aromatic carbocycles. The van der Waals surface area contributed by atoms with E-state index < -0.39 is 0 Å². The van der Waals surface area contributed by atoms with Gasteiger partial charge in [0.2, 0.25) is 0 Å². The first-order valence-electron chi connectivity index (χ1n) is 3.84. The lowest BCUT2D eigenvalue weighted by molar-refractivity contribution is 0.795. The fourth-order valence-electron chi connectivity index (χ4n) is 1.03. The lowest BCUT2D eigenvalue weighted by Gasteiger charge is -2.13. The van der Waals surface area contributed by atoms with Gasteiger partial charge >= 0.3 is 0 Å². The van der Waals surface area contributed by atoms with Crippen LogP contribution in [-0.2, 0) is 0 Å². The van der Waals surface area contributed by atoms with Crippen LogP contribution in [0.3, 0.4) is 0 Å². The zero-order chi connectivity index (χ0) is 8.39. The minimum atomic E-state index is 0.828. The van der Waals surface area contributed by atoms with Crippen molar-refractivity contribution in [3.63, 3.8) is 0 Å². The van der Waals surface area contributed by atoms with Crippen LogP contribution in [0.25, 0.3) is 0 Å². The summed E-state index contributed by atoms with van der Waals surface area (Å²) in [6.07, 6.45) is 7.47. The van der Waals surface area contributed by atoms with Gasteiger partial charge < -0.3 is 0 Å². The highest BCUT2D eigenvalue weighted by molar-refractivity contribution is 5.39. The summed E-state index contributed by atoms with van der Waals surface area (Å²) in [5, 5.41) is 1.85. The SMILES string of the molecule is Cc1cnc(N2C=CCN2)cn1. The molecule has 0 amide bonds. The molecule has 62 valence electrons. The third kappa shape index (κ3) is 1.29. The molecule has 0 spiro atoms. The maximum atomic E-state index is 4.21. The van der Waals surface area contributed by atoms with Crippen molar-refractivity contribution >= 4 is 5.82 Å². The molecule has 1 aliphatic heterocycles. The van der Waals surface area contributed by atoms with Crippen molar-refractivity contribution in [1.29, 1.82) is 0 Å². The Morgan fingerprint density at radius 3 is 2.92 bits per heavy atom. The van der Waals surface area contributed by atoms with E-state index in [-0.39, 0.29) is 0 Å². The normalized spacial score (nSPS) is 15.6. The zero-order valence-electron chi connectivity index (χ0n) is 6.86. The summed E-state index contributed by atoms with van der Waals surface area (Å²) in [5.41, 5.74) is 4.04. The van der Waals surface area contributed by atoms with Gasteiger partial charge in [0.15, 0.2) is 5.82 Å². The Kier molecular flexibility index (Phi) is 1.75. The highest BCUT2D eigenvalue weighted by Crippen LogP contribution is 2.08. The van der Waals surface area contributed by atoms with Gasteiger partial charge in [0.25, 0.3) is 0 Å². The first-order valence-corrected chi connectivity index (χ1v) is 3.84. The van der Waals surface area contributed by atoms with Crippen LogP contribution in [0.15, 0.2) is 24.7 Å². The van der Waals surface area contributed by atoms with Gasteiger partial charge in [-0.1, -0.05) is 6.08 Å². The molecule has 1 aromatic heterocycles. The van der Waals surface area contributed by atoms with Crippen LogP contribution >= 0.6 is 0 Å². The van der Waals surface area contributed by atoms with Gasteiger partial charge in [-0.15, -0.1) is 0 Å². The van der Waals surface area contributed by atoms with E-state index in [1.807, 2.05) is 24.2 Å². The molecule has 0 aliphatic carbocycles. The van der Waals surface area contributed by atoms with Gasteiger partial charge in [0.1, 0.15) is 0 Å². The van der Waals surface area contributed by atoms with Crippen molar-refractivity contribution in [1.82, 2.24) is 15.4 Å². The van der Waals surface area contributed by atoms with Crippen molar-refractivity contribution in [2.45, 2.75) is 6.92 Å². The molecule has 0 atom stereocenters. The number of nitrogens with zero attached hydrogens (tertiary/aromatic N) is 3. The van der Waals surface area contributed by atoms with Gasteiger partial charge in [0.05, 0.1) is 18.1 Å². The van der Waals surface area contributed by atoms with Crippen molar-refractivity contribution in [2.75, 3.05) is 11.6 Å². The number of rotatable bonds is 1. The Labute approximate surface area is 70.9 Å². The van der Waals surface area contributed by atoms with Crippen LogP contribution in [0.1, 0.15) is 5.69 Å².